The van der Waals surface area contributed by atoms with E-state index in [-0.39, 0.29) is 11.9 Å². The number of anilines is 1. The summed E-state index contributed by atoms with van der Waals surface area (Å²) in [6.07, 6.45) is 0.193. The van der Waals surface area contributed by atoms with Crippen LogP contribution in [0.3, 0.4) is 0 Å². The van der Waals surface area contributed by atoms with Gasteiger partial charge in [-0.2, -0.15) is 0 Å². The lowest BCUT2D eigenvalue weighted by atomic mass is 10.1. The molecule has 0 aromatic heterocycles. The molecule has 0 bridgehead atoms. The van der Waals surface area contributed by atoms with E-state index in [2.05, 4.69) is 4.90 Å². The molecule has 1 unspecified atom stereocenters. The van der Waals surface area contributed by atoms with Crippen molar-refractivity contribution in [2.75, 3.05) is 24.6 Å². The van der Waals surface area contributed by atoms with E-state index in [9.17, 15) is 4.39 Å². The van der Waals surface area contributed by atoms with Crippen LogP contribution in [0.4, 0.5) is 10.1 Å². The SMILES string of the molecule is CC1CN(c2cc(F)cc(CN)c2)CCO1. The van der Waals surface area contributed by atoms with Crippen LogP contribution >= 0.6 is 0 Å². The second-order valence-corrected chi connectivity index (χ2v) is 4.15. The van der Waals surface area contributed by atoms with Gasteiger partial charge in [0, 0.05) is 25.3 Å². The first kappa shape index (κ1) is 11.4. The molecule has 1 aromatic rings. The van der Waals surface area contributed by atoms with Crippen molar-refractivity contribution in [3.63, 3.8) is 0 Å². The number of benzene rings is 1. The van der Waals surface area contributed by atoms with Gasteiger partial charge in [0.15, 0.2) is 0 Å². The molecule has 0 amide bonds. The fourth-order valence-corrected chi connectivity index (χ4v) is 1.99. The summed E-state index contributed by atoms with van der Waals surface area (Å²) >= 11 is 0. The molecule has 1 aliphatic rings. The lowest BCUT2D eigenvalue weighted by molar-refractivity contribution is 0.0532. The maximum atomic E-state index is 13.4. The van der Waals surface area contributed by atoms with Gasteiger partial charge in [-0.05, 0) is 30.7 Å². The second kappa shape index (κ2) is 4.80. The zero-order valence-electron chi connectivity index (χ0n) is 9.45. The minimum Gasteiger partial charge on any atom is -0.375 e. The van der Waals surface area contributed by atoms with Gasteiger partial charge in [0.1, 0.15) is 5.82 Å². The van der Waals surface area contributed by atoms with Crippen molar-refractivity contribution in [2.24, 2.45) is 5.73 Å². The molecule has 4 heteroatoms. The molecular formula is C12H17FN2O. The standard InChI is InChI=1S/C12H17FN2O/c1-9-8-15(2-3-16-9)12-5-10(7-14)4-11(13)6-12/h4-6,9H,2-3,7-8,14H2,1H3. The quantitative estimate of drug-likeness (QED) is 0.827. The van der Waals surface area contributed by atoms with E-state index in [1.807, 2.05) is 13.0 Å². The Hall–Kier alpha value is -1.13. The van der Waals surface area contributed by atoms with Crippen molar-refractivity contribution in [1.29, 1.82) is 0 Å². The number of halogens is 1. The fourth-order valence-electron chi connectivity index (χ4n) is 1.99. The van der Waals surface area contributed by atoms with Crippen LogP contribution in [0, 0.1) is 5.82 Å². The Morgan fingerprint density at radius 1 is 1.50 bits per heavy atom. The Morgan fingerprint density at radius 3 is 3.00 bits per heavy atom. The van der Waals surface area contributed by atoms with Gasteiger partial charge in [0.05, 0.1) is 12.7 Å². The smallest absolute Gasteiger partial charge is 0.125 e. The van der Waals surface area contributed by atoms with Gasteiger partial charge < -0.3 is 15.4 Å². The zero-order valence-corrected chi connectivity index (χ0v) is 9.45. The molecule has 16 heavy (non-hydrogen) atoms. The molecule has 0 radical (unpaired) electrons. The van der Waals surface area contributed by atoms with Crippen molar-refractivity contribution in [3.05, 3.63) is 29.6 Å². The van der Waals surface area contributed by atoms with Crippen LogP contribution < -0.4 is 10.6 Å². The third-order valence-electron chi connectivity index (χ3n) is 2.78. The van der Waals surface area contributed by atoms with E-state index in [0.29, 0.717) is 13.2 Å². The molecule has 88 valence electrons. The molecule has 0 spiro atoms. The summed E-state index contributed by atoms with van der Waals surface area (Å²) in [6, 6.07) is 4.98. The number of hydrogen-bond acceptors (Lipinski definition) is 3. The predicted molar refractivity (Wildman–Crippen MR) is 61.9 cm³/mol. The second-order valence-electron chi connectivity index (χ2n) is 4.15. The largest absolute Gasteiger partial charge is 0.375 e. The van der Waals surface area contributed by atoms with E-state index in [1.165, 1.54) is 6.07 Å². The van der Waals surface area contributed by atoms with Crippen LogP contribution in [-0.4, -0.2) is 25.8 Å². The topological polar surface area (TPSA) is 38.5 Å². The van der Waals surface area contributed by atoms with Gasteiger partial charge in [-0.15, -0.1) is 0 Å². The van der Waals surface area contributed by atoms with Crippen molar-refractivity contribution in [1.82, 2.24) is 0 Å². The van der Waals surface area contributed by atoms with Gasteiger partial charge in [-0.25, -0.2) is 4.39 Å². The summed E-state index contributed by atoms with van der Waals surface area (Å²) in [5, 5.41) is 0. The fraction of sp³-hybridized carbons (Fsp3) is 0.500. The zero-order chi connectivity index (χ0) is 11.5. The van der Waals surface area contributed by atoms with Crippen LogP contribution in [0.1, 0.15) is 12.5 Å². The Kier molecular flexibility index (Phi) is 3.41. The maximum Gasteiger partial charge on any atom is 0.125 e. The summed E-state index contributed by atoms with van der Waals surface area (Å²) in [6.45, 7) is 4.68. The average molecular weight is 224 g/mol. The van der Waals surface area contributed by atoms with Crippen molar-refractivity contribution < 1.29 is 9.13 Å². The molecular weight excluding hydrogens is 207 g/mol. The highest BCUT2D eigenvalue weighted by Crippen LogP contribution is 2.20. The molecule has 1 saturated heterocycles. The monoisotopic (exact) mass is 224 g/mol. The van der Waals surface area contributed by atoms with Crippen LogP contribution in [0.5, 0.6) is 0 Å². The van der Waals surface area contributed by atoms with E-state index in [0.717, 1.165) is 24.3 Å². The summed E-state index contributed by atoms with van der Waals surface area (Å²) in [5.74, 6) is -0.225. The lowest BCUT2D eigenvalue weighted by Gasteiger charge is -2.33. The third kappa shape index (κ3) is 2.51. The minimum absolute atomic E-state index is 0.193. The minimum atomic E-state index is -0.225. The molecule has 0 aliphatic carbocycles. The van der Waals surface area contributed by atoms with Crippen LogP contribution in [0.25, 0.3) is 0 Å². The summed E-state index contributed by atoms with van der Waals surface area (Å²) in [4.78, 5) is 2.14. The summed E-state index contributed by atoms with van der Waals surface area (Å²) < 4.78 is 18.8. The predicted octanol–water partition coefficient (Wildman–Crippen LogP) is 1.51. The number of rotatable bonds is 2. The molecule has 1 fully saturated rings. The molecule has 1 aromatic carbocycles. The molecule has 3 nitrogen and oxygen atoms in total. The van der Waals surface area contributed by atoms with Crippen LogP contribution in [-0.2, 0) is 11.3 Å². The number of morpholine rings is 1. The first-order valence-electron chi connectivity index (χ1n) is 5.55. The van der Waals surface area contributed by atoms with Crippen molar-refractivity contribution in [2.45, 2.75) is 19.6 Å². The highest BCUT2D eigenvalue weighted by molar-refractivity contribution is 5.49. The van der Waals surface area contributed by atoms with E-state index < -0.39 is 0 Å². The summed E-state index contributed by atoms with van der Waals surface area (Å²) in [7, 11) is 0. The van der Waals surface area contributed by atoms with Gasteiger partial charge >= 0.3 is 0 Å². The van der Waals surface area contributed by atoms with Crippen molar-refractivity contribution in [3.8, 4) is 0 Å². The molecule has 0 saturated carbocycles. The first-order chi connectivity index (χ1) is 7.69. The highest BCUT2D eigenvalue weighted by Gasteiger charge is 2.17. The number of hydrogen-bond donors (Lipinski definition) is 1. The van der Waals surface area contributed by atoms with E-state index >= 15 is 0 Å². The Balaban J connectivity index is 2.21. The number of ether oxygens (including phenoxy) is 1. The van der Waals surface area contributed by atoms with Crippen LogP contribution in [0.15, 0.2) is 18.2 Å². The summed E-state index contributed by atoms with van der Waals surface area (Å²) in [5.41, 5.74) is 7.26. The lowest BCUT2D eigenvalue weighted by Crippen LogP contribution is -2.41. The normalized spacial score (nSPS) is 21.2. The van der Waals surface area contributed by atoms with E-state index in [4.69, 9.17) is 10.5 Å². The Labute approximate surface area is 95.0 Å². The maximum absolute atomic E-state index is 13.4. The highest BCUT2D eigenvalue weighted by atomic mass is 19.1. The van der Waals surface area contributed by atoms with Gasteiger partial charge in [0.25, 0.3) is 0 Å². The Morgan fingerprint density at radius 2 is 2.31 bits per heavy atom. The average Bonchev–Trinajstić information content (AvgIpc) is 2.28. The molecule has 2 N–H and O–H groups in total. The van der Waals surface area contributed by atoms with E-state index in [1.54, 1.807) is 6.07 Å². The molecule has 1 atom stereocenters. The molecule has 1 heterocycles. The van der Waals surface area contributed by atoms with Crippen LogP contribution in [0.2, 0.25) is 0 Å². The van der Waals surface area contributed by atoms with Gasteiger partial charge in [0.2, 0.25) is 0 Å². The van der Waals surface area contributed by atoms with Crippen molar-refractivity contribution >= 4 is 5.69 Å². The first-order valence-corrected chi connectivity index (χ1v) is 5.55. The van der Waals surface area contributed by atoms with Gasteiger partial charge in [-0.3, -0.25) is 0 Å². The Bertz CT molecular complexity index is 370. The molecule has 2 rings (SSSR count). The number of nitrogens with two attached hydrogens (primary N) is 1. The third-order valence-corrected chi connectivity index (χ3v) is 2.78. The molecule has 1 aliphatic heterocycles. The van der Waals surface area contributed by atoms with Gasteiger partial charge in [-0.1, -0.05) is 0 Å². The number of nitrogens with zero attached hydrogens (tertiary/aromatic N) is 1.